The molecule has 0 bridgehead atoms. The summed E-state index contributed by atoms with van der Waals surface area (Å²) in [6.45, 7) is 1.07. The molecular formula is C16H21N3O3S. The minimum atomic E-state index is -3.26. The average molecular weight is 335 g/mol. The Hall–Kier alpha value is -1.86. The minimum absolute atomic E-state index is 0.0400. The monoisotopic (exact) mass is 335 g/mol. The smallest absolute Gasteiger partial charge is 0.256 e. The van der Waals surface area contributed by atoms with Gasteiger partial charge in [0.05, 0.1) is 11.8 Å². The second-order valence-electron chi connectivity index (χ2n) is 6.15. The van der Waals surface area contributed by atoms with Crippen molar-refractivity contribution in [2.24, 2.45) is 7.05 Å². The summed E-state index contributed by atoms with van der Waals surface area (Å²) >= 11 is 0. The fraction of sp³-hybridized carbons (Fsp3) is 0.438. The highest BCUT2D eigenvalue weighted by molar-refractivity contribution is 7.88. The molecule has 1 atom stereocenters. The Morgan fingerprint density at radius 3 is 2.78 bits per heavy atom. The molecule has 0 aliphatic carbocycles. The van der Waals surface area contributed by atoms with Gasteiger partial charge in [-0.2, -0.15) is 0 Å². The van der Waals surface area contributed by atoms with Crippen LogP contribution in [0.3, 0.4) is 0 Å². The molecule has 1 saturated heterocycles. The first kappa shape index (κ1) is 16.0. The highest BCUT2D eigenvalue weighted by atomic mass is 32.2. The van der Waals surface area contributed by atoms with Crippen molar-refractivity contribution in [2.75, 3.05) is 19.3 Å². The number of benzene rings is 1. The molecule has 7 heteroatoms. The fourth-order valence-corrected chi connectivity index (χ4v) is 4.04. The molecule has 1 aliphatic rings. The molecule has 1 fully saturated rings. The van der Waals surface area contributed by atoms with Crippen molar-refractivity contribution >= 4 is 26.8 Å². The second kappa shape index (κ2) is 5.98. The number of nitrogens with one attached hydrogen (secondary N) is 1. The number of aromatic nitrogens is 1. The van der Waals surface area contributed by atoms with Gasteiger partial charge >= 0.3 is 0 Å². The lowest BCUT2D eigenvalue weighted by Crippen LogP contribution is -2.49. The molecule has 1 aliphatic heterocycles. The Balaban J connectivity index is 1.84. The van der Waals surface area contributed by atoms with E-state index in [1.807, 2.05) is 42.1 Å². The first-order chi connectivity index (χ1) is 10.8. The topological polar surface area (TPSA) is 71.4 Å². The van der Waals surface area contributed by atoms with Gasteiger partial charge in [-0.25, -0.2) is 13.1 Å². The van der Waals surface area contributed by atoms with Gasteiger partial charge in [0.25, 0.3) is 5.91 Å². The number of nitrogens with zero attached hydrogens (tertiary/aromatic N) is 2. The Bertz CT molecular complexity index is 841. The Labute approximate surface area is 136 Å². The first-order valence-corrected chi connectivity index (χ1v) is 9.55. The van der Waals surface area contributed by atoms with Crippen molar-refractivity contribution < 1.29 is 13.2 Å². The van der Waals surface area contributed by atoms with Gasteiger partial charge in [-0.3, -0.25) is 4.79 Å². The molecule has 2 heterocycles. The number of hydrogen-bond donors (Lipinski definition) is 1. The third-order valence-electron chi connectivity index (χ3n) is 4.22. The molecule has 1 aromatic carbocycles. The third-order valence-corrected chi connectivity index (χ3v) is 4.98. The maximum Gasteiger partial charge on any atom is 0.256 e. The lowest BCUT2D eigenvalue weighted by atomic mass is 10.1. The van der Waals surface area contributed by atoms with Crippen LogP contribution >= 0.6 is 0 Å². The number of carbonyl (C=O) groups excluding carboxylic acids is 1. The van der Waals surface area contributed by atoms with Crippen molar-refractivity contribution in [3.05, 3.63) is 36.0 Å². The summed E-state index contributed by atoms with van der Waals surface area (Å²) in [6, 6.07) is 7.58. The largest absolute Gasteiger partial charge is 0.350 e. The van der Waals surface area contributed by atoms with E-state index in [1.165, 1.54) is 0 Å². The number of para-hydroxylation sites is 1. The number of aryl methyl sites for hydroxylation is 1. The van der Waals surface area contributed by atoms with Crippen LogP contribution in [0.4, 0.5) is 0 Å². The zero-order chi connectivity index (χ0) is 16.6. The minimum Gasteiger partial charge on any atom is -0.350 e. The molecule has 6 nitrogen and oxygen atoms in total. The number of fused-ring (bicyclic) bond motifs is 1. The van der Waals surface area contributed by atoms with E-state index in [0.29, 0.717) is 18.7 Å². The number of hydrogen-bond acceptors (Lipinski definition) is 3. The summed E-state index contributed by atoms with van der Waals surface area (Å²) in [4.78, 5) is 14.6. The highest BCUT2D eigenvalue weighted by Gasteiger charge is 2.27. The van der Waals surface area contributed by atoms with Crippen LogP contribution in [0.1, 0.15) is 23.2 Å². The number of piperidine rings is 1. The van der Waals surface area contributed by atoms with E-state index >= 15 is 0 Å². The predicted molar refractivity (Wildman–Crippen MR) is 89.8 cm³/mol. The number of rotatable bonds is 3. The van der Waals surface area contributed by atoms with E-state index < -0.39 is 10.0 Å². The van der Waals surface area contributed by atoms with Crippen LogP contribution in [0.5, 0.6) is 0 Å². The highest BCUT2D eigenvalue weighted by Crippen LogP contribution is 2.23. The van der Waals surface area contributed by atoms with Crippen molar-refractivity contribution in [3.8, 4) is 0 Å². The molecule has 1 aromatic heterocycles. The van der Waals surface area contributed by atoms with Gasteiger partial charge in [-0.05, 0) is 18.9 Å². The van der Waals surface area contributed by atoms with E-state index in [-0.39, 0.29) is 11.9 Å². The van der Waals surface area contributed by atoms with Crippen molar-refractivity contribution in [1.29, 1.82) is 0 Å². The molecule has 2 aromatic rings. The molecule has 1 amide bonds. The number of amides is 1. The number of sulfonamides is 1. The van der Waals surface area contributed by atoms with Crippen LogP contribution in [0.15, 0.2) is 30.5 Å². The van der Waals surface area contributed by atoms with Crippen LogP contribution < -0.4 is 4.72 Å². The number of likely N-dealkylation sites (tertiary alicyclic amines) is 1. The lowest BCUT2D eigenvalue weighted by molar-refractivity contribution is 0.0705. The Morgan fingerprint density at radius 2 is 2.04 bits per heavy atom. The van der Waals surface area contributed by atoms with Gasteiger partial charge in [-0.15, -0.1) is 0 Å². The molecule has 1 unspecified atom stereocenters. The summed E-state index contributed by atoms with van der Waals surface area (Å²) in [5.41, 5.74) is 1.68. The Morgan fingerprint density at radius 1 is 1.30 bits per heavy atom. The SMILES string of the molecule is Cn1cc(C(=O)N2CCCC(NS(C)(=O)=O)C2)c2ccccc21. The lowest BCUT2D eigenvalue weighted by Gasteiger charge is -2.32. The zero-order valence-electron chi connectivity index (χ0n) is 13.3. The summed E-state index contributed by atoms with van der Waals surface area (Å²) in [6.07, 6.45) is 4.55. The quantitative estimate of drug-likeness (QED) is 0.920. The average Bonchev–Trinajstić information content (AvgIpc) is 2.83. The van der Waals surface area contributed by atoms with Gasteiger partial charge in [0.2, 0.25) is 10.0 Å². The van der Waals surface area contributed by atoms with Crippen LogP contribution in [0, 0.1) is 0 Å². The van der Waals surface area contributed by atoms with Gasteiger partial charge in [0.15, 0.2) is 0 Å². The Kier molecular flexibility index (Phi) is 4.16. The van der Waals surface area contributed by atoms with Crippen LogP contribution in [-0.4, -0.2) is 49.2 Å². The van der Waals surface area contributed by atoms with Crippen LogP contribution in [0.2, 0.25) is 0 Å². The molecular weight excluding hydrogens is 314 g/mol. The maximum absolute atomic E-state index is 12.9. The van der Waals surface area contributed by atoms with Gasteiger partial charge in [0, 0.05) is 43.3 Å². The normalized spacial score (nSPS) is 19.2. The molecule has 0 radical (unpaired) electrons. The van der Waals surface area contributed by atoms with E-state index in [2.05, 4.69) is 4.72 Å². The molecule has 124 valence electrons. The van der Waals surface area contributed by atoms with Crippen molar-refractivity contribution in [3.63, 3.8) is 0 Å². The van der Waals surface area contributed by atoms with E-state index in [0.717, 1.165) is 30.0 Å². The van der Waals surface area contributed by atoms with E-state index in [9.17, 15) is 13.2 Å². The zero-order valence-corrected chi connectivity index (χ0v) is 14.1. The van der Waals surface area contributed by atoms with Crippen molar-refractivity contribution in [1.82, 2.24) is 14.2 Å². The number of carbonyl (C=O) groups is 1. The summed E-state index contributed by atoms with van der Waals surface area (Å²) in [5.74, 6) is -0.0400. The van der Waals surface area contributed by atoms with Gasteiger partial charge in [-0.1, -0.05) is 18.2 Å². The second-order valence-corrected chi connectivity index (χ2v) is 7.93. The third kappa shape index (κ3) is 3.40. The first-order valence-electron chi connectivity index (χ1n) is 7.66. The van der Waals surface area contributed by atoms with Crippen molar-refractivity contribution in [2.45, 2.75) is 18.9 Å². The standard InChI is InChI=1S/C16H21N3O3S/c1-18-11-14(13-7-3-4-8-15(13)18)16(20)19-9-5-6-12(10-19)17-23(2,21)22/h3-4,7-8,11-12,17H,5-6,9-10H2,1-2H3. The summed E-state index contributed by atoms with van der Waals surface area (Å²) in [5, 5.41) is 0.929. The van der Waals surface area contributed by atoms with Crippen LogP contribution in [-0.2, 0) is 17.1 Å². The fourth-order valence-electron chi connectivity index (χ4n) is 3.24. The van der Waals surface area contributed by atoms with E-state index in [1.54, 1.807) is 4.90 Å². The van der Waals surface area contributed by atoms with E-state index in [4.69, 9.17) is 0 Å². The molecule has 3 rings (SSSR count). The summed E-state index contributed by atoms with van der Waals surface area (Å²) in [7, 11) is -1.34. The maximum atomic E-state index is 12.9. The van der Waals surface area contributed by atoms with Gasteiger partial charge in [0.1, 0.15) is 0 Å². The molecule has 0 spiro atoms. The molecule has 23 heavy (non-hydrogen) atoms. The van der Waals surface area contributed by atoms with Crippen LogP contribution in [0.25, 0.3) is 10.9 Å². The summed E-state index contributed by atoms with van der Waals surface area (Å²) < 4.78 is 27.4. The molecule has 0 saturated carbocycles. The predicted octanol–water partition coefficient (Wildman–Crippen LogP) is 1.33. The van der Waals surface area contributed by atoms with Gasteiger partial charge < -0.3 is 9.47 Å². The molecule has 1 N–H and O–H groups in total.